The van der Waals surface area contributed by atoms with Crippen LogP contribution < -0.4 is 5.32 Å². The Kier molecular flexibility index (Phi) is 4.67. The van der Waals surface area contributed by atoms with Crippen molar-refractivity contribution < 1.29 is 18.3 Å². The summed E-state index contributed by atoms with van der Waals surface area (Å²) in [6.45, 7) is -0.123. The number of aromatic nitrogens is 2. The molecule has 2 aromatic carbocycles. The van der Waals surface area contributed by atoms with Gasteiger partial charge in [-0.1, -0.05) is 24.3 Å². The number of nitrogens with one attached hydrogen (secondary N) is 1. The lowest BCUT2D eigenvalue weighted by Crippen LogP contribution is -2.05. The van der Waals surface area contributed by atoms with Crippen LogP contribution in [0.4, 0.5) is 24.8 Å². The maximum atomic E-state index is 12.6. The highest BCUT2D eigenvalue weighted by Crippen LogP contribution is 2.30. The van der Waals surface area contributed by atoms with Gasteiger partial charge in [0, 0.05) is 17.4 Å². The Bertz CT molecular complexity index is 864. The number of halogens is 3. The van der Waals surface area contributed by atoms with Gasteiger partial charge in [-0.15, -0.1) is 0 Å². The molecular formula is C18H14F3N3O. The summed E-state index contributed by atoms with van der Waals surface area (Å²) in [6.07, 6.45) is -2.83. The third-order valence-electron chi connectivity index (χ3n) is 3.59. The minimum absolute atomic E-state index is 0.123. The molecule has 0 spiro atoms. The molecule has 0 atom stereocenters. The number of alkyl halides is 3. The van der Waals surface area contributed by atoms with Crippen molar-refractivity contribution in [2.45, 2.75) is 12.8 Å². The van der Waals surface area contributed by atoms with Crippen LogP contribution in [-0.2, 0) is 12.8 Å². The molecule has 1 heterocycles. The van der Waals surface area contributed by atoms with Gasteiger partial charge in [0.1, 0.15) is 0 Å². The highest BCUT2D eigenvalue weighted by Gasteiger charge is 2.29. The van der Waals surface area contributed by atoms with Crippen LogP contribution in [0.25, 0.3) is 11.3 Å². The molecule has 2 N–H and O–H groups in total. The Labute approximate surface area is 142 Å². The van der Waals surface area contributed by atoms with Gasteiger partial charge in [0.05, 0.1) is 17.9 Å². The first-order valence-electron chi connectivity index (χ1n) is 7.44. The van der Waals surface area contributed by atoms with E-state index in [1.54, 1.807) is 18.3 Å². The predicted molar refractivity (Wildman–Crippen MR) is 88.1 cm³/mol. The molecule has 25 heavy (non-hydrogen) atoms. The summed E-state index contributed by atoms with van der Waals surface area (Å²) >= 11 is 0. The van der Waals surface area contributed by atoms with E-state index in [0.717, 1.165) is 23.3 Å². The minimum Gasteiger partial charge on any atom is -0.392 e. The summed E-state index contributed by atoms with van der Waals surface area (Å²) in [7, 11) is 0. The van der Waals surface area contributed by atoms with E-state index in [1.165, 1.54) is 12.1 Å². The molecule has 0 aliphatic carbocycles. The molecule has 7 heteroatoms. The molecule has 4 nitrogen and oxygen atoms in total. The van der Waals surface area contributed by atoms with E-state index in [0.29, 0.717) is 11.4 Å². The molecule has 1 aromatic heterocycles. The Morgan fingerprint density at radius 1 is 0.960 bits per heavy atom. The van der Waals surface area contributed by atoms with E-state index in [1.807, 2.05) is 18.2 Å². The lowest BCUT2D eigenvalue weighted by atomic mass is 10.1. The molecule has 0 aliphatic rings. The molecule has 0 unspecified atom stereocenters. The molecule has 0 saturated carbocycles. The van der Waals surface area contributed by atoms with E-state index >= 15 is 0 Å². The van der Waals surface area contributed by atoms with E-state index in [-0.39, 0.29) is 12.6 Å². The van der Waals surface area contributed by atoms with Gasteiger partial charge in [-0.05, 0) is 35.9 Å². The van der Waals surface area contributed by atoms with Crippen LogP contribution in [0.3, 0.4) is 0 Å². The normalized spacial score (nSPS) is 11.4. The molecule has 3 aromatic rings. The van der Waals surface area contributed by atoms with Crippen LogP contribution in [0.2, 0.25) is 0 Å². The Morgan fingerprint density at radius 3 is 2.36 bits per heavy atom. The average Bonchev–Trinajstić information content (AvgIpc) is 2.61. The molecule has 0 fully saturated rings. The fourth-order valence-electron chi connectivity index (χ4n) is 2.35. The van der Waals surface area contributed by atoms with Crippen LogP contribution in [-0.4, -0.2) is 15.1 Å². The molecule has 0 aliphatic heterocycles. The fraction of sp³-hybridized carbons (Fsp3) is 0.111. The second kappa shape index (κ2) is 6.90. The van der Waals surface area contributed by atoms with Crippen LogP contribution in [0.5, 0.6) is 0 Å². The van der Waals surface area contributed by atoms with Crippen molar-refractivity contribution in [2.75, 3.05) is 5.32 Å². The number of nitrogens with zero attached hydrogens (tertiary/aromatic N) is 2. The third kappa shape index (κ3) is 3.95. The van der Waals surface area contributed by atoms with Crippen LogP contribution >= 0.6 is 0 Å². The summed E-state index contributed by atoms with van der Waals surface area (Å²) in [4.78, 5) is 8.44. The van der Waals surface area contributed by atoms with Crippen molar-refractivity contribution in [1.29, 1.82) is 0 Å². The van der Waals surface area contributed by atoms with Crippen molar-refractivity contribution in [3.8, 4) is 11.3 Å². The maximum absolute atomic E-state index is 12.6. The van der Waals surface area contributed by atoms with E-state index in [9.17, 15) is 18.3 Å². The Morgan fingerprint density at radius 2 is 1.68 bits per heavy atom. The van der Waals surface area contributed by atoms with Crippen molar-refractivity contribution in [3.63, 3.8) is 0 Å². The van der Waals surface area contributed by atoms with Crippen molar-refractivity contribution in [2.24, 2.45) is 0 Å². The molecule has 3 rings (SSSR count). The topological polar surface area (TPSA) is 58.0 Å². The largest absolute Gasteiger partial charge is 0.416 e. The number of hydrogen-bond acceptors (Lipinski definition) is 4. The van der Waals surface area contributed by atoms with Gasteiger partial charge in [0.2, 0.25) is 5.95 Å². The van der Waals surface area contributed by atoms with Gasteiger partial charge in [-0.2, -0.15) is 13.2 Å². The van der Waals surface area contributed by atoms with Gasteiger partial charge < -0.3 is 10.4 Å². The highest BCUT2D eigenvalue weighted by atomic mass is 19.4. The van der Waals surface area contributed by atoms with Crippen molar-refractivity contribution in [1.82, 2.24) is 9.97 Å². The number of aliphatic hydroxyl groups is 1. The summed E-state index contributed by atoms with van der Waals surface area (Å²) in [5.41, 5.74) is 1.82. The van der Waals surface area contributed by atoms with E-state index in [4.69, 9.17) is 0 Å². The first-order valence-corrected chi connectivity index (χ1v) is 7.44. The lowest BCUT2D eigenvalue weighted by Gasteiger charge is -2.10. The number of aliphatic hydroxyl groups excluding tert-OH is 1. The monoisotopic (exact) mass is 345 g/mol. The Balaban J connectivity index is 1.85. The quantitative estimate of drug-likeness (QED) is 0.736. The lowest BCUT2D eigenvalue weighted by molar-refractivity contribution is -0.137. The molecule has 128 valence electrons. The second-order valence-electron chi connectivity index (χ2n) is 5.28. The van der Waals surface area contributed by atoms with E-state index in [2.05, 4.69) is 15.3 Å². The Hall–Kier alpha value is -2.93. The summed E-state index contributed by atoms with van der Waals surface area (Å²) in [5, 5.41) is 12.3. The van der Waals surface area contributed by atoms with Gasteiger partial charge in [0.25, 0.3) is 0 Å². The summed E-state index contributed by atoms with van der Waals surface area (Å²) < 4.78 is 37.8. The van der Waals surface area contributed by atoms with Gasteiger partial charge in [-0.25, -0.2) is 9.97 Å². The maximum Gasteiger partial charge on any atom is 0.416 e. The SMILES string of the molecule is OCc1ccccc1-c1ccnc(Nc2ccc(C(F)(F)F)cc2)n1. The molecule has 0 amide bonds. The average molecular weight is 345 g/mol. The number of rotatable bonds is 4. The van der Waals surface area contributed by atoms with Crippen molar-refractivity contribution >= 4 is 11.6 Å². The van der Waals surface area contributed by atoms with Gasteiger partial charge in [-0.3, -0.25) is 0 Å². The molecule has 0 bridgehead atoms. The first kappa shape index (κ1) is 16.9. The van der Waals surface area contributed by atoms with Crippen LogP contribution in [0.15, 0.2) is 60.8 Å². The first-order chi connectivity index (χ1) is 12.0. The minimum atomic E-state index is -4.37. The number of anilines is 2. The predicted octanol–water partition coefficient (Wildman–Crippen LogP) is 4.40. The smallest absolute Gasteiger partial charge is 0.392 e. The second-order valence-corrected chi connectivity index (χ2v) is 5.28. The zero-order chi connectivity index (χ0) is 17.9. The number of benzene rings is 2. The van der Waals surface area contributed by atoms with E-state index < -0.39 is 11.7 Å². The van der Waals surface area contributed by atoms with Crippen LogP contribution in [0, 0.1) is 0 Å². The van der Waals surface area contributed by atoms with Crippen LogP contribution in [0.1, 0.15) is 11.1 Å². The summed E-state index contributed by atoms with van der Waals surface area (Å²) in [5.74, 6) is 0.255. The number of hydrogen-bond donors (Lipinski definition) is 2. The summed E-state index contributed by atoms with van der Waals surface area (Å²) in [6, 6.07) is 13.6. The zero-order valence-electron chi connectivity index (χ0n) is 13.0. The zero-order valence-corrected chi connectivity index (χ0v) is 13.0. The van der Waals surface area contributed by atoms with Gasteiger partial charge in [0.15, 0.2) is 0 Å². The third-order valence-corrected chi connectivity index (χ3v) is 3.59. The molecular weight excluding hydrogens is 331 g/mol. The fourth-order valence-corrected chi connectivity index (χ4v) is 2.35. The molecule has 0 saturated heterocycles. The van der Waals surface area contributed by atoms with Gasteiger partial charge >= 0.3 is 6.18 Å². The van der Waals surface area contributed by atoms with Crippen molar-refractivity contribution in [3.05, 3.63) is 71.9 Å². The molecule has 0 radical (unpaired) electrons. The standard InChI is InChI=1S/C18H14F3N3O/c19-18(20,21)13-5-7-14(8-6-13)23-17-22-10-9-16(24-17)15-4-2-1-3-12(15)11-25/h1-10,25H,11H2,(H,22,23,24). The highest BCUT2D eigenvalue weighted by molar-refractivity contribution is 5.65.